The lowest BCUT2D eigenvalue weighted by Crippen LogP contribution is -2.45. The predicted molar refractivity (Wildman–Crippen MR) is 84.2 cm³/mol. The molecule has 0 radical (unpaired) electrons. The molecular weight excluding hydrogens is 298 g/mol. The highest BCUT2D eigenvalue weighted by Gasteiger charge is 2.25. The number of nitrogens with zero attached hydrogens (tertiary/aromatic N) is 2. The fourth-order valence-corrected chi connectivity index (χ4v) is 2.88. The summed E-state index contributed by atoms with van der Waals surface area (Å²) in [6.07, 6.45) is 2.35. The second-order valence-corrected chi connectivity index (χ2v) is 5.82. The van der Waals surface area contributed by atoms with Gasteiger partial charge in [-0.25, -0.2) is 4.98 Å². The number of aromatic nitrogens is 3. The van der Waals surface area contributed by atoms with Crippen molar-refractivity contribution in [3.05, 3.63) is 27.7 Å². The zero-order chi connectivity index (χ0) is 16.6. The molecule has 0 bridgehead atoms. The Morgan fingerprint density at radius 1 is 1.39 bits per heavy atom. The van der Waals surface area contributed by atoms with Crippen molar-refractivity contribution in [2.45, 2.75) is 32.2 Å². The minimum atomic E-state index is -0.573. The maximum absolute atomic E-state index is 12.6. The maximum atomic E-state index is 12.6. The van der Waals surface area contributed by atoms with Gasteiger partial charge >= 0.3 is 0 Å². The number of aromatic amines is 1. The van der Waals surface area contributed by atoms with Crippen molar-refractivity contribution >= 4 is 22.8 Å². The molecule has 1 aliphatic heterocycles. The molecule has 23 heavy (non-hydrogen) atoms. The second-order valence-electron chi connectivity index (χ2n) is 5.82. The number of carbonyl (C=O) groups excluding carboxylic acids is 2. The van der Waals surface area contributed by atoms with Gasteiger partial charge in [0.15, 0.2) is 5.65 Å². The van der Waals surface area contributed by atoms with Crippen LogP contribution in [0.2, 0.25) is 0 Å². The number of hydrogen-bond donors (Lipinski definition) is 3. The zero-order valence-electron chi connectivity index (χ0n) is 13.1. The highest BCUT2D eigenvalue weighted by molar-refractivity contribution is 6.06. The van der Waals surface area contributed by atoms with Crippen molar-refractivity contribution in [2.75, 3.05) is 6.54 Å². The minimum absolute atomic E-state index is 0.181. The molecule has 0 aliphatic carbocycles. The van der Waals surface area contributed by atoms with Crippen LogP contribution >= 0.6 is 0 Å². The Balaban J connectivity index is 1.97. The maximum Gasteiger partial charge on any atom is 0.274 e. The smallest absolute Gasteiger partial charge is 0.274 e. The number of aryl methyl sites for hydroxylation is 2. The average Bonchev–Trinajstić information content (AvgIpc) is 2.66. The first kappa shape index (κ1) is 15.3. The van der Waals surface area contributed by atoms with Crippen LogP contribution in [0.15, 0.2) is 10.9 Å². The molecule has 122 valence electrons. The molecule has 0 spiro atoms. The number of rotatable bonds is 2. The first-order valence-corrected chi connectivity index (χ1v) is 7.62. The van der Waals surface area contributed by atoms with E-state index in [1.54, 1.807) is 20.0 Å². The van der Waals surface area contributed by atoms with Gasteiger partial charge in [0.2, 0.25) is 5.91 Å². The molecule has 8 nitrogen and oxygen atoms in total. The number of pyridine rings is 1. The molecule has 1 saturated heterocycles. The topological polar surface area (TPSA) is 109 Å². The Kier molecular flexibility index (Phi) is 3.89. The molecular formula is C15H19N5O3. The molecule has 2 aromatic rings. The quantitative estimate of drug-likeness (QED) is 0.722. The second kappa shape index (κ2) is 5.86. The Morgan fingerprint density at radius 2 is 2.17 bits per heavy atom. The van der Waals surface area contributed by atoms with E-state index in [2.05, 4.69) is 20.7 Å². The molecule has 2 amide bonds. The third-order valence-corrected chi connectivity index (χ3v) is 4.03. The third-order valence-electron chi connectivity index (χ3n) is 4.03. The number of amides is 2. The molecule has 0 unspecified atom stereocenters. The lowest BCUT2D eigenvalue weighted by atomic mass is 10.1. The standard InChI is InChI=1S/C15H19N5O3/c1-8-7-9(11-12(17-8)20(2)19-15(11)23)13(21)18-10-5-3-4-6-16-14(10)22/h7,10H,3-6H2,1-2H3,(H,16,22)(H,18,21)(H,19,23)/t10-/m1/s1. The summed E-state index contributed by atoms with van der Waals surface area (Å²) in [6.45, 7) is 2.38. The molecule has 3 heterocycles. The van der Waals surface area contributed by atoms with Crippen molar-refractivity contribution in [1.82, 2.24) is 25.4 Å². The first-order chi connectivity index (χ1) is 11.0. The van der Waals surface area contributed by atoms with E-state index >= 15 is 0 Å². The highest BCUT2D eigenvalue weighted by atomic mass is 16.2. The molecule has 1 atom stereocenters. The van der Waals surface area contributed by atoms with Crippen molar-refractivity contribution in [1.29, 1.82) is 0 Å². The van der Waals surface area contributed by atoms with E-state index in [0.717, 1.165) is 12.8 Å². The van der Waals surface area contributed by atoms with E-state index in [1.165, 1.54) is 4.68 Å². The SMILES string of the molecule is Cc1cc(C(=O)N[C@@H]2CCCCNC2=O)c2c(=O)[nH]n(C)c2n1. The molecule has 3 N–H and O–H groups in total. The van der Waals surface area contributed by atoms with E-state index in [0.29, 0.717) is 24.3 Å². The average molecular weight is 317 g/mol. The summed E-state index contributed by atoms with van der Waals surface area (Å²) in [5, 5.41) is 8.36. The lowest BCUT2D eigenvalue weighted by Gasteiger charge is -2.15. The summed E-state index contributed by atoms with van der Waals surface area (Å²) >= 11 is 0. The lowest BCUT2D eigenvalue weighted by molar-refractivity contribution is -0.122. The van der Waals surface area contributed by atoms with Gasteiger partial charge in [-0.1, -0.05) is 0 Å². The van der Waals surface area contributed by atoms with Gasteiger partial charge in [0.25, 0.3) is 11.5 Å². The minimum Gasteiger partial charge on any atom is -0.354 e. The fraction of sp³-hybridized carbons (Fsp3) is 0.467. The zero-order valence-corrected chi connectivity index (χ0v) is 13.1. The summed E-state index contributed by atoms with van der Waals surface area (Å²) in [4.78, 5) is 41.0. The molecule has 2 aromatic heterocycles. The van der Waals surface area contributed by atoms with E-state index in [1.807, 2.05) is 0 Å². The highest BCUT2D eigenvalue weighted by Crippen LogP contribution is 2.15. The van der Waals surface area contributed by atoms with Gasteiger partial charge in [0.05, 0.1) is 10.9 Å². The summed E-state index contributed by atoms with van der Waals surface area (Å²) in [5.41, 5.74) is 0.921. The van der Waals surface area contributed by atoms with Crippen molar-refractivity contribution in [2.24, 2.45) is 7.05 Å². The van der Waals surface area contributed by atoms with Crippen LogP contribution in [0.25, 0.3) is 11.0 Å². The van der Waals surface area contributed by atoms with E-state index < -0.39 is 11.9 Å². The van der Waals surface area contributed by atoms with Crippen LogP contribution in [0.5, 0.6) is 0 Å². The number of fused-ring (bicyclic) bond motifs is 1. The van der Waals surface area contributed by atoms with Crippen molar-refractivity contribution in [3.63, 3.8) is 0 Å². The third kappa shape index (κ3) is 2.84. The summed E-state index contributed by atoms with van der Waals surface area (Å²) in [7, 11) is 1.66. The Hall–Kier alpha value is -2.64. The van der Waals surface area contributed by atoms with E-state index in [9.17, 15) is 14.4 Å². The first-order valence-electron chi connectivity index (χ1n) is 7.62. The molecule has 3 rings (SSSR count). The summed E-state index contributed by atoms with van der Waals surface area (Å²) in [6, 6.07) is 0.998. The van der Waals surface area contributed by atoms with Crippen molar-refractivity contribution < 1.29 is 9.59 Å². The Bertz CT molecular complexity index is 835. The van der Waals surface area contributed by atoms with Crippen LogP contribution in [0, 0.1) is 6.92 Å². The van der Waals surface area contributed by atoms with E-state index in [-0.39, 0.29) is 22.4 Å². The number of carbonyl (C=O) groups is 2. The summed E-state index contributed by atoms with van der Waals surface area (Å²) < 4.78 is 1.49. The molecule has 0 saturated carbocycles. The monoisotopic (exact) mass is 317 g/mol. The van der Waals surface area contributed by atoms with Gasteiger partial charge < -0.3 is 10.6 Å². The Labute approximate surface area is 132 Å². The van der Waals surface area contributed by atoms with Gasteiger partial charge in [-0.15, -0.1) is 0 Å². The van der Waals surface area contributed by atoms with Crippen LogP contribution in [0.1, 0.15) is 35.3 Å². The van der Waals surface area contributed by atoms with Crippen LogP contribution in [-0.4, -0.2) is 39.2 Å². The number of H-pyrrole nitrogens is 1. The van der Waals surface area contributed by atoms with Crippen LogP contribution in [0.3, 0.4) is 0 Å². The molecule has 1 fully saturated rings. The fourth-order valence-electron chi connectivity index (χ4n) is 2.88. The van der Waals surface area contributed by atoms with Gasteiger partial charge in [0, 0.05) is 19.3 Å². The van der Waals surface area contributed by atoms with Crippen LogP contribution < -0.4 is 16.2 Å². The molecule has 0 aromatic carbocycles. The number of nitrogens with one attached hydrogen (secondary N) is 3. The van der Waals surface area contributed by atoms with Gasteiger partial charge in [-0.2, -0.15) is 0 Å². The van der Waals surface area contributed by atoms with E-state index in [4.69, 9.17) is 0 Å². The van der Waals surface area contributed by atoms with Gasteiger partial charge in [-0.3, -0.25) is 24.2 Å². The summed E-state index contributed by atoms with van der Waals surface area (Å²) in [5.74, 6) is -0.612. The van der Waals surface area contributed by atoms with Gasteiger partial charge in [0.1, 0.15) is 6.04 Å². The number of hydrogen-bond acceptors (Lipinski definition) is 4. The largest absolute Gasteiger partial charge is 0.354 e. The normalized spacial score (nSPS) is 18.5. The van der Waals surface area contributed by atoms with Crippen molar-refractivity contribution in [3.8, 4) is 0 Å². The molecule has 1 aliphatic rings. The van der Waals surface area contributed by atoms with Gasteiger partial charge in [-0.05, 0) is 32.3 Å². The van der Waals surface area contributed by atoms with Crippen LogP contribution in [-0.2, 0) is 11.8 Å². The predicted octanol–water partition coefficient (Wildman–Crippen LogP) is -0.0315. The van der Waals surface area contributed by atoms with Crippen LogP contribution in [0.4, 0.5) is 0 Å². The molecule has 8 heteroatoms. The Morgan fingerprint density at radius 3 is 2.96 bits per heavy atom.